The molecular weight excluding hydrogens is 270 g/mol. The van der Waals surface area contributed by atoms with Gasteiger partial charge in [0.15, 0.2) is 0 Å². The standard InChI is InChI=1S/C12H18ClN3O3/c1-4-19-7-11(8(2)3)15-12-10(13)5-9(6-14-12)16(17)18/h5-6,8,11H,4,7H2,1-3H3,(H,14,15). The highest BCUT2D eigenvalue weighted by atomic mass is 35.5. The van der Waals surface area contributed by atoms with Crippen molar-refractivity contribution in [3.8, 4) is 0 Å². The van der Waals surface area contributed by atoms with E-state index in [1.165, 1.54) is 12.3 Å². The molecule has 6 nitrogen and oxygen atoms in total. The number of nitro groups is 1. The molecule has 1 N–H and O–H groups in total. The lowest BCUT2D eigenvalue weighted by atomic mass is 10.1. The molecule has 0 aromatic carbocycles. The van der Waals surface area contributed by atoms with Crippen LogP contribution in [0.3, 0.4) is 0 Å². The number of ether oxygens (including phenoxy) is 1. The molecule has 0 aliphatic heterocycles. The number of nitrogens with zero attached hydrogens (tertiary/aromatic N) is 2. The van der Waals surface area contributed by atoms with Gasteiger partial charge in [0.25, 0.3) is 5.69 Å². The van der Waals surface area contributed by atoms with Crippen molar-refractivity contribution >= 4 is 23.1 Å². The maximum atomic E-state index is 10.6. The molecule has 106 valence electrons. The monoisotopic (exact) mass is 287 g/mol. The molecular formula is C12H18ClN3O3. The fraction of sp³-hybridized carbons (Fsp3) is 0.583. The van der Waals surface area contributed by atoms with E-state index in [-0.39, 0.29) is 16.8 Å². The van der Waals surface area contributed by atoms with E-state index in [0.29, 0.717) is 24.9 Å². The Morgan fingerprint density at radius 2 is 2.26 bits per heavy atom. The fourth-order valence-corrected chi connectivity index (χ4v) is 1.67. The largest absolute Gasteiger partial charge is 0.380 e. The minimum Gasteiger partial charge on any atom is -0.380 e. The molecule has 0 saturated heterocycles. The molecule has 0 aliphatic carbocycles. The van der Waals surface area contributed by atoms with E-state index in [2.05, 4.69) is 24.1 Å². The number of rotatable bonds is 7. The summed E-state index contributed by atoms with van der Waals surface area (Å²) in [6, 6.07) is 1.33. The summed E-state index contributed by atoms with van der Waals surface area (Å²) in [7, 11) is 0. The van der Waals surface area contributed by atoms with Crippen molar-refractivity contribution in [2.75, 3.05) is 18.5 Å². The first-order valence-corrected chi connectivity index (χ1v) is 6.47. The van der Waals surface area contributed by atoms with Gasteiger partial charge in [0, 0.05) is 12.7 Å². The molecule has 7 heteroatoms. The minimum absolute atomic E-state index is 0.0476. The molecule has 1 unspecified atom stereocenters. The number of nitrogens with one attached hydrogen (secondary N) is 1. The molecule has 0 radical (unpaired) electrons. The van der Waals surface area contributed by atoms with Crippen LogP contribution >= 0.6 is 11.6 Å². The van der Waals surface area contributed by atoms with Crippen LogP contribution in [-0.4, -0.2) is 29.2 Å². The highest BCUT2D eigenvalue weighted by Gasteiger charge is 2.17. The number of aromatic nitrogens is 1. The van der Waals surface area contributed by atoms with E-state index >= 15 is 0 Å². The fourth-order valence-electron chi connectivity index (χ4n) is 1.46. The van der Waals surface area contributed by atoms with Crippen LogP contribution in [0, 0.1) is 16.0 Å². The van der Waals surface area contributed by atoms with Crippen molar-refractivity contribution in [2.45, 2.75) is 26.8 Å². The highest BCUT2D eigenvalue weighted by Crippen LogP contribution is 2.25. The summed E-state index contributed by atoms with van der Waals surface area (Å²) in [6.07, 6.45) is 1.19. The van der Waals surface area contributed by atoms with Crippen molar-refractivity contribution in [1.29, 1.82) is 0 Å². The van der Waals surface area contributed by atoms with Crippen LogP contribution in [0.25, 0.3) is 0 Å². The van der Waals surface area contributed by atoms with Crippen molar-refractivity contribution in [2.24, 2.45) is 5.92 Å². The van der Waals surface area contributed by atoms with Crippen LogP contribution in [0.15, 0.2) is 12.3 Å². The first kappa shape index (κ1) is 15.7. The summed E-state index contributed by atoms with van der Waals surface area (Å²) in [5.74, 6) is 0.755. The molecule has 0 spiro atoms. The quantitative estimate of drug-likeness (QED) is 0.616. The predicted molar refractivity (Wildman–Crippen MR) is 74.6 cm³/mol. The lowest BCUT2D eigenvalue weighted by Gasteiger charge is -2.23. The predicted octanol–water partition coefficient (Wildman–Crippen LogP) is 3.12. The van der Waals surface area contributed by atoms with Gasteiger partial charge in [0.05, 0.1) is 22.6 Å². The van der Waals surface area contributed by atoms with Gasteiger partial charge in [-0.1, -0.05) is 25.4 Å². The van der Waals surface area contributed by atoms with Gasteiger partial charge in [-0.15, -0.1) is 0 Å². The number of hydrogen-bond acceptors (Lipinski definition) is 5. The molecule has 0 bridgehead atoms. The number of anilines is 1. The van der Waals surface area contributed by atoms with Gasteiger partial charge >= 0.3 is 0 Å². The SMILES string of the molecule is CCOCC(Nc1ncc([N+](=O)[O-])cc1Cl)C(C)C. The summed E-state index contributed by atoms with van der Waals surface area (Å²) >= 11 is 5.99. The van der Waals surface area contributed by atoms with Crippen LogP contribution in [0.2, 0.25) is 5.02 Å². The van der Waals surface area contributed by atoms with Crippen molar-refractivity contribution in [3.05, 3.63) is 27.4 Å². The summed E-state index contributed by atoms with van der Waals surface area (Å²) in [4.78, 5) is 14.1. The van der Waals surface area contributed by atoms with Gasteiger partial charge in [-0.05, 0) is 12.8 Å². The molecule has 0 amide bonds. The number of hydrogen-bond donors (Lipinski definition) is 1. The second kappa shape index (κ2) is 7.25. The van der Waals surface area contributed by atoms with Gasteiger partial charge in [0.1, 0.15) is 12.0 Å². The Morgan fingerprint density at radius 1 is 1.58 bits per heavy atom. The van der Waals surface area contributed by atoms with Gasteiger partial charge < -0.3 is 10.1 Å². The average Bonchev–Trinajstić information content (AvgIpc) is 2.35. The van der Waals surface area contributed by atoms with Gasteiger partial charge in [0.2, 0.25) is 0 Å². The van der Waals surface area contributed by atoms with E-state index in [0.717, 1.165) is 0 Å². The minimum atomic E-state index is -0.525. The normalized spacial score (nSPS) is 12.5. The maximum absolute atomic E-state index is 10.6. The average molecular weight is 288 g/mol. The lowest BCUT2D eigenvalue weighted by molar-refractivity contribution is -0.385. The Morgan fingerprint density at radius 3 is 2.74 bits per heavy atom. The molecule has 19 heavy (non-hydrogen) atoms. The van der Waals surface area contributed by atoms with Gasteiger partial charge in [-0.2, -0.15) is 0 Å². The zero-order chi connectivity index (χ0) is 14.4. The molecule has 1 rings (SSSR count). The smallest absolute Gasteiger partial charge is 0.289 e. The van der Waals surface area contributed by atoms with Gasteiger partial charge in [-0.3, -0.25) is 10.1 Å². The maximum Gasteiger partial charge on any atom is 0.289 e. The summed E-state index contributed by atoms with van der Waals surface area (Å²) < 4.78 is 5.39. The van der Waals surface area contributed by atoms with Crippen LogP contribution in [0.5, 0.6) is 0 Å². The van der Waals surface area contributed by atoms with E-state index in [9.17, 15) is 10.1 Å². The van der Waals surface area contributed by atoms with E-state index in [4.69, 9.17) is 16.3 Å². The first-order chi connectivity index (χ1) is 8.95. The topological polar surface area (TPSA) is 77.3 Å². The molecule has 1 aromatic rings. The molecule has 1 atom stereocenters. The van der Waals surface area contributed by atoms with Crippen LogP contribution in [0.1, 0.15) is 20.8 Å². The van der Waals surface area contributed by atoms with Crippen molar-refractivity contribution in [1.82, 2.24) is 4.98 Å². The van der Waals surface area contributed by atoms with E-state index < -0.39 is 4.92 Å². The third-order valence-electron chi connectivity index (χ3n) is 2.67. The van der Waals surface area contributed by atoms with Crippen LogP contribution < -0.4 is 5.32 Å². The molecule has 1 heterocycles. The zero-order valence-corrected chi connectivity index (χ0v) is 12.0. The third kappa shape index (κ3) is 4.65. The molecule has 0 saturated carbocycles. The van der Waals surface area contributed by atoms with Crippen molar-refractivity contribution < 1.29 is 9.66 Å². The summed E-state index contributed by atoms with van der Waals surface area (Å²) in [5.41, 5.74) is -0.124. The van der Waals surface area contributed by atoms with Gasteiger partial charge in [-0.25, -0.2) is 4.98 Å². The zero-order valence-electron chi connectivity index (χ0n) is 11.2. The number of halogens is 1. The summed E-state index contributed by atoms with van der Waals surface area (Å²) in [5, 5.41) is 14.0. The Balaban J connectivity index is 2.81. The van der Waals surface area contributed by atoms with E-state index in [1.54, 1.807) is 0 Å². The Kier molecular flexibility index (Phi) is 5.98. The molecule has 1 aromatic heterocycles. The molecule has 0 aliphatic rings. The van der Waals surface area contributed by atoms with Crippen LogP contribution in [0.4, 0.5) is 11.5 Å². The Bertz CT molecular complexity index is 440. The highest BCUT2D eigenvalue weighted by molar-refractivity contribution is 6.33. The van der Waals surface area contributed by atoms with Crippen LogP contribution in [-0.2, 0) is 4.74 Å². The Hall–Kier alpha value is -1.40. The molecule has 0 fully saturated rings. The summed E-state index contributed by atoms with van der Waals surface area (Å²) in [6.45, 7) is 7.19. The van der Waals surface area contributed by atoms with Crippen molar-refractivity contribution in [3.63, 3.8) is 0 Å². The Labute approximate surface area is 117 Å². The second-order valence-corrected chi connectivity index (χ2v) is 4.84. The number of pyridine rings is 1. The first-order valence-electron chi connectivity index (χ1n) is 6.09. The van der Waals surface area contributed by atoms with E-state index in [1.807, 2.05) is 6.92 Å². The third-order valence-corrected chi connectivity index (χ3v) is 2.95. The second-order valence-electron chi connectivity index (χ2n) is 4.44. The lowest BCUT2D eigenvalue weighted by Crippen LogP contribution is -2.31.